The lowest BCUT2D eigenvalue weighted by molar-refractivity contribution is -0.138. The largest absolute Gasteiger partial charge is 0.416 e. The van der Waals surface area contributed by atoms with Gasteiger partial charge in [-0.15, -0.1) is 5.10 Å². The van der Waals surface area contributed by atoms with Crippen molar-refractivity contribution in [3.63, 3.8) is 0 Å². The minimum Gasteiger partial charge on any atom is -0.382 e. The molecule has 0 bridgehead atoms. The van der Waals surface area contributed by atoms with Crippen molar-refractivity contribution in [2.75, 3.05) is 0 Å². The lowest BCUT2D eigenvalue weighted by atomic mass is 9.91. The van der Waals surface area contributed by atoms with E-state index in [1.54, 1.807) is 12.1 Å². The fourth-order valence-corrected chi connectivity index (χ4v) is 4.24. The molecule has 1 aliphatic rings. The van der Waals surface area contributed by atoms with Crippen LogP contribution in [0, 0.1) is 5.53 Å². The summed E-state index contributed by atoms with van der Waals surface area (Å²) in [5.74, 6) is 0.108. The van der Waals surface area contributed by atoms with Crippen LogP contribution in [-0.4, -0.2) is 10.4 Å². The summed E-state index contributed by atoms with van der Waals surface area (Å²) in [5.41, 5.74) is 16.1. The van der Waals surface area contributed by atoms with Crippen molar-refractivity contribution in [2.45, 2.75) is 12.7 Å². The van der Waals surface area contributed by atoms with Crippen LogP contribution in [0.15, 0.2) is 64.9 Å². The van der Waals surface area contributed by atoms with Crippen molar-refractivity contribution >= 4 is 27.6 Å². The number of para-hydroxylation sites is 1. The summed E-state index contributed by atoms with van der Waals surface area (Å²) in [4.78, 5) is 0. The molecule has 8 heteroatoms. The topological polar surface area (TPSA) is 79.5 Å². The van der Waals surface area contributed by atoms with Crippen LogP contribution in [0.4, 0.5) is 13.2 Å². The predicted molar refractivity (Wildman–Crippen MR) is 105 cm³/mol. The van der Waals surface area contributed by atoms with Gasteiger partial charge in [-0.3, -0.25) is 0 Å². The first-order valence-corrected chi connectivity index (χ1v) is 8.85. The molecule has 2 heterocycles. The maximum Gasteiger partial charge on any atom is 0.416 e. The van der Waals surface area contributed by atoms with Gasteiger partial charge in [0.2, 0.25) is 0 Å². The molecule has 0 spiro atoms. The second-order valence-electron chi connectivity index (χ2n) is 6.93. The van der Waals surface area contributed by atoms with E-state index in [1.165, 1.54) is 6.07 Å². The third-order valence-corrected chi connectivity index (χ3v) is 5.42. The summed E-state index contributed by atoms with van der Waals surface area (Å²) in [6.07, 6.45) is -4.42. The van der Waals surface area contributed by atoms with Gasteiger partial charge in [0, 0.05) is 34.0 Å². The molecule has 3 aromatic carbocycles. The highest BCUT2D eigenvalue weighted by atomic mass is 19.4. The molecule has 0 saturated heterocycles. The number of halogens is 3. The van der Waals surface area contributed by atoms with Crippen molar-refractivity contribution in [1.29, 1.82) is 5.53 Å². The normalized spacial score (nSPS) is 13.7. The van der Waals surface area contributed by atoms with Crippen LogP contribution in [-0.2, 0) is 12.7 Å². The van der Waals surface area contributed by atoms with E-state index in [2.05, 4.69) is 10.3 Å². The predicted octanol–water partition coefficient (Wildman–Crippen LogP) is 5.49. The van der Waals surface area contributed by atoms with Crippen LogP contribution in [0.3, 0.4) is 0 Å². The molecule has 1 aromatic heterocycles. The van der Waals surface area contributed by atoms with E-state index in [4.69, 9.17) is 11.3 Å². The van der Waals surface area contributed by atoms with Gasteiger partial charge >= 0.3 is 6.18 Å². The Kier molecular flexibility index (Phi) is 3.55. The van der Waals surface area contributed by atoms with E-state index in [1.807, 2.05) is 34.9 Å². The van der Waals surface area contributed by atoms with Crippen molar-refractivity contribution < 1.29 is 13.2 Å². The first-order chi connectivity index (χ1) is 13.9. The third kappa shape index (κ3) is 2.45. The molecule has 4 aromatic rings. The maximum atomic E-state index is 13.6. The van der Waals surface area contributed by atoms with Gasteiger partial charge in [-0.1, -0.05) is 35.6 Å². The van der Waals surface area contributed by atoms with Crippen LogP contribution in [0.25, 0.3) is 32.9 Å². The molecule has 0 amide bonds. The monoisotopic (exact) mass is 393 g/mol. The Morgan fingerprint density at radius 1 is 1.00 bits per heavy atom. The minimum absolute atomic E-state index is 0.108. The highest BCUT2D eigenvalue weighted by Gasteiger charge is 2.36. The van der Waals surface area contributed by atoms with Crippen LogP contribution in [0.1, 0.15) is 16.7 Å². The lowest BCUT2D eigenvalue weighted by Gasteiger charge is -2.24. The van der Waals surface area contributed by atoms with E-state index in [9.17, 15) is 13.2 Å². The Morgan fingerprint density at radius 2 is 1.76 bits per heavy atom. The SMILES string of the molecule is N=N/N=C(\N)c1ccc2c(c1)c1cccc3c1n2Cc1c-3cccc1C(F)(F)F. The average molecular weight is 393 g/mol. The Hall–Kier alpha value is -3.68. The van der Waals surface area contributed by atoms with Crippen LogP contribution in [0.2, 0.25) is 0 Å². The summed E-state index contributed by atoms with van der Waals surface area (Å²) in [5, 5.41) is 8.32. The number of nitrogens with two attached hydrogens (primary N) is 1. The number of nitrogens with zero attached hydrogens (tertiary/aromatic N) is 3. The fraction of sp³-hybridized carbons (Fsp3) is 0.0952. The minimum atomic E-state index is -4.42. The summed E-state index contributed by atoms with van der Waals surface area (Å²) in [6.45, 7) is 0.132. The standard InChI is InChI=1S/C21H14F3N5/c22-21(23,24)17-6-2-3-12-13-4-1-5-14-15-9-11(20(25)27-28-26)7-8-18(15)29(19(13)14)10-16(12)17/h1-9H,10H2,(H3,25,26,27). The maximum absolute atomic E-state index is 13.6. The van der Waals surface area contributed by atoms with Gasteiger partial charge in [-0.05, 0) is 35.4 Å². The molecule has 0 atom stereocenters. The Bertz CT molecular complexity index is 1350. The number of hydrogen-bond donors (Lipinski definition) is 2. The van der Waals surface area contributed by atoms with Gasteiger partial charge in [0.05, 0.1) is 11.1 Å². The second-order valence-corrected chi connectivity index (χ2v) is 6.93. The molecule has 144 valence electrons. The van der Waals surface area contributed by atoms with Gasteiger partial charge < -0.3 is 10.3 Å². The van der Waals surface area contributed by atoms with Gasteiger partial charge in [-0.25, -0.2) is 0 Å². The van der Waals surface area contributed by atoms with Crippen molar-refractivity contribution in [3.8, 4) is 11.1 Å². The van der Waals surface area contributed by atoms with Crippen molar-refractivity contribution in [2.24, 2.45) is 16.1 Å². The molecule has 0 radical (unpaired) electrons. The molecule has 0 saturated carbocycles. The number of benzene rings is 3. The van der Waals surface area contributed by atoms with Gasteiger partial charge in [-0.2, -0.15) is 18.7 Å². The number of rotatable bonds is 2. The first-order valence-electron chi connectivity index (χ1n) is 8.85. The molecule has 0 fully saturated rings. The van der Waals surface area contributed by atoms with E-state index >= 15 is 0 Å². The number of alkyl halides is 3. The summed E-state index contributed by atoms with van der Waals surface area (Å²) in [7, 11) is 0. The molecular formula is C21H14F3N5. The number of hydrogen-bond acceptors (Lipinski definition) is 2. The van der Waals surface area contributed by atoms with Crippen LogP contribution >= 0.6 is 0 Å². The van der Waals surface area contributed by atoms with Gasteiger partial charge in [0.1, 0.15) is 0 Å². The molecule has 0 unspecified atom stereocenters. The molecule has 5 nitrogen and oxygen atoms in total. The Morgan fingerprint density at radius 3 is 2.52 bits per heavy atom. The van der Waals surface area contributed by atoms with Crippen LogP contribution in [0.5, 0.6) is 0 Å². The number of amidine groups is 1. The van der Waals surface area contributed by atoms with E-state index in [0.29, 0.717) is 11.1 Å². The zero-order valence-electron chi connectivity index (χ0n) is 15.0. The number of nitrogens with one attached hydrogen (secondary N) is 1. The van der Waals surface area contributed by atoms with Crippen molar-refractivity contribution in [3.05, 3.63) is 71.3 Å². The molecule has 0 aliphatic carbocycles. The molecule has 3 N–H and O–H groups in total. The quantitative estimate of drug-likeness (QED) is 0.177. The molecule has 1 aliphatic heterocycles. The average Bonchev–Trinajstić information content (AvgIpc) is 3.02. The van der Waals surface area contributed by atoms with E-state index < -0.39 is 11.7 Å². The third-order valence-electron chi connectivity index (χ3n) is 5.42. The Labute approximate surface area is 162 Å². The number of fused-ring (bicyclic) bond motifs is 5. The summed E-state index contributed by atoms with van der Waals surface area (Å²) < 4.78 is 42.8. The summed E-state index contributed by atoms with van der Waals surface area (Å²) in [6, 6.07) is 15.4. The molecular weight excluding hydrogens is 379 g/mol. The zero-order chi connectivity index (χ0) is 20.3. The highest BCUT2D eigenvalue weighted by Crippen LogP contribution is 2.45. The zero-order valence-corrected chi connectivity index (χ0v) is 15.0. The van der Waals surface area contributed by atoms with Crippen molar-refractivity contribution in [1.82, 2.24) is 4.57 Å². The number of aromatic nitrogens is 1. The Balaban J connectivity index is 1.85. The first kappa shape index (κ1) is 17.4. The fourth-order valence-electron chi connectivity index (χ4n) is 4.24. The van der Waals surface area contributed by atoms with E-state index in [-0.39, 0.29) is 17.9 Å². The van der Waals surface area contributed by atoms with E-state index in [0.717, 1.165) is 33.4 Å². The van der Waals surface area contributed by atoms with Gasteiger partial charge in [0.15, 0.2) is 5.84 Å². The van der Waals surface area contributed by atoms with Crippen LogP contribution < -0.4 is 5.73 Å². The highest BCUT2D eigenvalue weighted by molar-refractivity contribution is 6.15. The van der Waals surface area contributed by atoms with Gasteiger partial charge in [0.25, 0.3) is 0 Å². The second kappa shape index (κ2) is 5.91. The summed E-state index contributed by atoms with van der Waals surface area (Å²) >= 11 is 0. The smallest absolute Gasteiger partial charge is 0.382 e. The molecule has 5 rings (SSSR count). The molecule has 29 heavy (non-hydrogen) atoms. The lowest BCUT2D eigenvalue weighted by Crippen LogP contribution is -2.16.